The Hall–Kier alpha value is -0.260. The van der Waals surface area contributed by atoms with Gasteiger partial charge in [-0.1, -0.05) is 18.6 Å². The van der Waals surface area contributed by atoms with Crippen LogP contribution in [0.4, 0.5) is 0 Å². The summed E-state index contributed by atoms with van der Waals surface area (Å²) in [5.41, 5.74) is 0.885. The third-order valence-electron chi connectivity index (χ3n) is 6.37. The lowest BCUT2D eigenvalue weighted by atomic mass is 9.80. The third kappa shape index (κ3) is 0.506. The fourth-order valence-corrected chi connectivity index (χ4v) is 6.08. The van der Waals surface area contributed by atoms with Gasteiger partial charge >= 0.3 is 0 Å². The van der Waals surface area contributed by atoms with Crippen molar-refractivity contribution in [3.8, 4) is 0 Å². The summed E-state index contributed by atoms with van der Waals surface area (Å²) in [4.78, 5) is 0. The molecule has 0 heterocycles. The first-order chi connectivity index (χ1) is 6.94. The molecule has 6 atom stereocenters. The minimum atomic E-state index is 0.885. The Morgan fingerprint density at radius 2 is 1.64 bits per heavy atom. The van der Waals surface area contributed by atoms with Crippen molar-refractivity contribution in [1.29, 1.82) is 0 Å². The first-order valence-corrected chi connectivity index (χ1v) is 6.62. The van der Waals surface area contributed by atoms with Gasteiger partial charge in [0.25, 0.3) is 0 Å². The van der Waals surface area contributed by atoms with Gasteiger partial charge in [-0.05, 0) is 66.6 Å². The van der Waals surface area contributed by atoms with Crippen LogP contribution in [-0.4, -0.2) is 0 Å². The van der Waals surface area contributed by atoms with E-state index in [1.807, 2.05) is 0 Å². The molecule has 4 saturated carbocycles. The highest BCUT2D eigenvalue weighted by molar-refractivity contribution is 5.38. The maximum atomic E-state index is 2.63. The Kier molecular flexibility index (Phi) is 0.941. The molecular weight excluding hydrogens is 168 g/mol. The largest absolute Gasteiger partial charge is 0.0842 e. The number of rotatable bonds is 1. The predicted octanol–water partition coefficient (Wildman–Crippen LogP) is 3.24. The van der Waals surface area contributed by atoms with Crippen molar-refractivity contribution in [2.45, 2.75) is 32.1 Å². The summed E-state index contributed by atoms with van der Waals surface area (Å²) < 4.78 is 0. The molecule has 0 nitrogen and oxygen atoms in total. The van der Waals surface area contributed by atoms with Crippen LogP contribution in [0.15, 0.2) is 12.2 Å². The number of allylic oxidation sites excluding steroid dienone is 2. The summed E-state index contributed by atoms with van der Waals surface area (Å²) >= 11 is 0. The van der Waals surface area contributed by atoms with Gasteiger partial charge in [-0.3, -0.25) is 0 Å². The molecule has 14 heavy (non-hydrogen) atoms. The Morgan fingerprint density at radius 3 is 2.50 bits per heavy atom. The molecule has 0 spiro atoms. The normalized spacial score (nSPS) is 67.0. The van der Waals surface area contributed by atoms with Crippen molar-refractivity contribution >= 4 is 0 Å². The van der Waals surface area contributed by atoms with Gasteiger partial charge in [0.15, 0.2) is 0 Å². The highest BCUT2D eigenvalue weighted by atomic mass is 14.8. The van der Waals surface area contributed by atoms with Crippen molar-refractivity contribution in [1.82, 2.24) is 0 Å². The smallest absolute Gasteiger partial charge is 0.0101 e. The van der Waals surface area contributed by atoms with E-state index in [0.29, 0.717) is 0 Å². The highest BCUT2D eigenvalue weighted by Gasteiger charge is 2.81. The van der Waals surface area contributed by atoms with Gasteiger partial charge in [0, 0.05) is 0 Å². The van der Waals surface area contributed by atoms with E-state index in [1.165, 1.54) is 17.8 Å². The summed E-state index contributed by atoms with van der Waals surface area (Å²) in [5, 5.41) is 0. The highest BCUT2D eigenvalue weighted by Crippen LogP contribution is 2.86. The lowest BCUT2D eigenvalue weighted by Crippen LogP contribution is -2.19. The Morgan fingerprint density at radius 1 is 0.857 bits per heavy atom. The quantitative estimate of drug-likeness (QED) is 0.551. The van der Waals surface area contributed by atoms with Crippen molar-refractivity contribution in [2.75, 3.05) is 0 Å². The van der Waals surface area contributed by atoms with Crippen molar-refractivity contribution < 1.29 is 0 Å². The van der Waals surface area contributed by atoms with Crippen molar-refractivity contribution in [2.24, 2.45) is 40.9 Å². The lowest BCUT2D eigenvalue weighted by Gasteiger charge is -2.23. The zero-order chi connectivity index (χ0) is 8.91. The fourth-order valence-electron chi connectivity index (χ4n) is 6.08. The Balaban J connectivity index is 1.67. The SMILES string of the molecule is C1=C[C@H]2[C@H]3CCC[C@H]3C3C1[C@@]32C1CC1. The van der Waals surface area contributed by atoms with E-state index in [0.717, 1.165) is 23.2 Å². The van der Waals surface area contributed by atoms with Crippen molar-refractivity contribution in [3.05, 3.63) is 12.2 Å². The van der Waals surface area contributed by atoms with E-state index in [1.54, 1.807) is 32.1 Å². The molecule has 0 saturated heterocycles. The average molecular weight is 186 g/mol. The topological polar surface area (TPSA) is 0 Å². The molecule has 0 aromatic carbocycles. The summed E-state index contributed by atoms with van der Waals surface area (Å²) in [5.74, 6) is 6.77. The van der Waals surface area contributed by atoms with Gasteiger partial charge in [-0.2, -0.15) is 0 Å². The summed E-state index contributed by atoms with van der Waals surface area (Å²) in [6.07, 6.45) is 13.1. The monoisotopic (exact) mass is 186 g/mol. The van der Waals surface area contributed by atoms with E-state index in [2.05, 4.69) is 12.2 Å². The fraction of sp³-hybridized carbons (Fsp3) is 0.857. The van der Waals surface area contributed by atoms with E-state index in [-0.39, 0.29) is 0 Å². The number of hydrogen-bond acceptors (Lipinski definition) is 0. The van der Waals surface area contributed by atoms with Gasteiger partial charge in [0.1, 0.15) is 0 Å². The van der Waals surface area contributed by atoms with Crippen LogP contribution < -0.4 is 0 Å². The molecule has 0 amide bonds. The lowest BCUT2D eigenvalue weighted by molar-refractivity contribution is 0.266. The molecule has 5 aliphatic rings. The molecule has 0 N–H and O–H groups in total. The van der Waals surface area contributed by atoms with Crippen LogP contribution in [0.3, 0.4) is 0 Å². The molecule has 0 bridgehead atoms. The van der Waals surface area contributed by atoms with E-state index >= 15 is 0 Å². The number of fused-ring (bicyclic) bond motifs is 4. The molecule has 0 aromatic rings. The third-order valence-corrected chi connectivity index (χ3v) is 6.37. The first kappa shape index (κ1) is 7.09. The van der Waals surface area contributed by atoms with Crippen LogP contribution in [0.5, 0.6) is 0 Å². The van der Waals surface area contributed by atoms with Gasteiger partial charge in [-0.25, -0.2) is 0 Å². The zero-order valence-corrected chi connectivity index (χ0v) is 8.65. The van der Waals surface area contributed by atoms with Crippen molar-refractivity contribution in [3.63, 3.8) is 0 Å². The van der Waals surface area contributed by atoms with E-state index in [9.17, 15) is 0 Å². The Labute approximate surface area is 85.8 Å². The molecule has 0 aromatic heterocycles. The summed E-state index contributed by atoms with van der Waals surface area (Å²) in [7, 11) is 0. The van der Waals surface area contributed by atoms with Crippen LogP contribution in [-0.2, 0) is 0 Å². The average Bonchev–Trinajstić information content (AvgIpc) is 3.03. The zero-order valence-electron chi connectivity index (χ0n) is 8.65. The summed E-state index contributed by atoms with van der Waals surface area (Å²) in [6, 6.07) is 0. The summed E-state index contributed by atoms with van der Waals surface area (Å²) in [6.45, 7) is 0. The molecule has 0 heteroatoms. The van der Waals surface area contributed by atoms with Crippen LogP contribution in [0.2, 0.25) is 0 Å². The second-order valence-corrected chi connectivity index (χ2v) is 6.50. The van der Waals surface area contributed by atoms with Crippen LogP contribution >= 0.6 is 0 Å². The molecule has 0 radical (unpaired) electrons. The first-order valence-electron chi connectivity index (χ1n) is 6.62. The van der Waals surface area contributed by atoms with Gasteiger partial charge < -0.3 is 0 Å². The van der Waals surface area contributed by atoms with Crippen LogP contribution in [0.1, 0.15) is 32.1 Å². The minimum Gasteiger partial charge on any atom is -0.0842 e. The minimum absolute atomic E-state index is 0.885. The van der Waals surface area contributed by atoms with Crippen LogP contribution in [0.25, 0.3) is 0 Å². The standard InChI is InChI=1S/C14H18/c1-2-9-10(3-1)13-12-7-6-11(9)14(12,13)8-4-5-8/h6-13H,1-5H2/t9-,10+,11-,12?,13?,14-/m0/s1. The van der Waals surface area contributed by atoms with E-state index < -0.39 is 0 Å². The molecule has 4 fully saturated rings. The van der Waals surface area contributed by atoms with Gasteiger partial charge in [0.05, 0.1) is 0 Å². The van der Waals surface area contributed by atoms with E-state index in [4.69, 9.17) is 0 Å². The molecular formula is C14H18. The Bertz CT molecular complexity index is 338. The maximum absolute atomic E-state index is 2.63. The molecule has 0 aliphatic heterocycles. The van der Waals surface area contributed by atoms with Gasteiger partial charge in [-0.15, -0.1) is 0 Å². The maximum Gasteiger partial charge on any atom is -0.0101 e. The number of hydrogen-bond donors (Lipinski definition) is 0. The molecule has 74 valence electrons. The van der Waals surface area contributed by atoms with Gasteiger partial charge in [0.2, 0.25) is 0 Å². The molecule has 5 aliphatic carbocycles. The molecule has 5 rings (SSSR count). The molecule has 2 unspecified atom stereocenters. The second kappa shape index (κ2) is 1.86. The predicted molar refractivity (Wildman–Crippen MR) is 55.6 cm³/mol. The van der Waals surface area contributed by atoms with Crippen LogP contribution in [0, 0.1) is 40.9 Å². The second-order valence-electron chi connectivity index (χ2n) is 6.50.